The summed E-state index contributed by atoms with van der Waals surface area (Å²) in [6, 6.07) is 7.00. The minimum absolute atomic E-state index is 0.108. The zero-order valence-electron chi connectivity index (χ0n) is 11.6. The number of aryl methyl sites for hydroxylation is 1. The smallest absolute Gasteiger partial charge is 0.220 e. The lowest BCUT2D eigenvalue weighted by Gasteiger charge is -2.25. The summed E-state index contributed by atoms with van der Waals surface area (Å²) in [4.78, 5) is 11.7. The van der Waals surface area contributed by atoms with Crippen LogP contribution in [0.4, 0.5) is 0 Å². The van der Waals surface area contributed by atoms with Gasteiger partial charge in [-0.2, -0.15) is 0 Å². The lowest BCUT2D eigenvalue weighted by Crippen LogP contribution is -2.42. The highest BCUT2D eigenvalue weighted by Crippen LogP contribution is 2.17. The number of benzene rings is 1. The van der Waals surface area contributed by atoms with E-state index in [0.29, 0.717) is 25.7 Å². The number of hydrogen-bond donors (Lipinski definition) is 3. The third kappa shape index (κ3) is 4.91. The van der Waals surface area contributed by atoms with Gasteiger partial charge in [0.2, 0.25) is 5.91 Å². The first-order chi connectivity index (χ1) is 9.00. The number of nitrogens with one attached hydrogen (secondary N) is 1. The fraction of sp³-hybridized carbons (Fsp3) is 0.533. The Morgan fingerprint density at radius 3 is 2.47 bits per heavy atom. The minimum Gasteiger partial charge on any atom is -0.508 e. The van der Waals surface area contributed by atoms with Crippen LogP contribution in [0.5, 0.6) is 5.75 Å². The first kappa shape index (κ1) is 15.5. The van der Waals surface area contributed by atoms with E-state index in [1.54, 1.807) is 18.2 Å². The molecular weight excluding hydrogens is 242 g/mol. The molecule has 0 bridgehead atoms. The number of phenols is 1. The fourth-order valence-corrected chi connectivity index (χ4v) is 1.82. The molecule has 19 heavy (non-hydrogen) atoms. The van der Waals surface area contributed by atoms with Crippen LogP contribution in [0.1, 0.15) is 38.7 Å². The quantitative estimate of drug-likeness (QED) is 0.706. The van der Waals surface area contributed by atoms with Crippen LogP contribution in [0, 0.1) is 0 Å². The van der Waals surface area contributed by atoms with Gasteiger partial charge in [0, 0.05) is 13.0 Å². The Morgan fingerprint density at radius 1 is 1.26 bits per heavy atom. The summed E-state index contributed by atoms with van der Waals surface area (Å²) in [6.45, 7) is 4.08. The molecule has 0 aliphatic rings. The predicted octanol–water partition coefficient (Wildman–Crippen LogP) is 1.99. The van der Waals surface area contributed by atoms with E-state index in [1.165, 1.54) is 0 Å². The third-order valence-electron chi connectivity index (χ3n) is 3.54. The van der Waals surface area contributed by atoms with Gasteiger partial charge in [0.25, 0.3) is 0 Å². The lowest BCUT2D eigenvalue weighted by molar-refractivity contribution is -0.122. The summed E-state index contributed by atoms with van der Waals surface area (Å²) >= 11 is 0. The molecule has 0 aliphatic carbocycles. The van der Waals surface area contributed by atoms with Gasteiger partial charge in [0.1, 0.15) is 5.75 Å². The van der Waals surface area contributed by atoms with Gasteiger partial charge in [-0.3, -0.25) is 4.79 Å². The van der Waals surface area contributed by atoms with Gasteiger partial charge in [0.15, 0.2) is 0 Å². The number of amides is 1. The van der Waals surface area contributed by atoms with Crippen LogP contribution in [0.3, 0.4) is 0 Å². The van der Waals surface area contributed by atoms with E-state index in [2.05, 4.69) is 5.32 Å². The van der Waals surface area contributed by atoms with Crippen molar-refractivity contribution in [1.29, 1.82) is 0 Å². The fourth-order valence-electron chi connectivity index (χ4n) is 1.82. The van der Waals surface area contributed by atoms with Gasteiger partial charge in [0.05, 0.1) is 5.60 Å². The number of rotatable bonds is 7. The Balaban J connectivity index is 2.39. The highest BCUT2D eigenvalue weighted by atomic mass is 16.3. The highest BCUT2D eigenvalue weighted by molar-refractivity contribution is 5.76. The molecule has 0 aliphatic heterocycles. The molecule has 3 N–H and O–H groups in total. The van der Waals surface area contributed by atoms with Gasteiger partial charge in [-0.1, -0.05) is 32.0 Å². The van der Waals surface area contributed by atoms with Crippen molar-refractivity contribution in [2.45, 2.75) is 45.1 Å². The number of para-hydroxylation sites is 1. The number of carbonyl (C=O) groups is 1. The molecule has 1 aromatic carbocycles. The molecule has 0 saturated heterocycles. The minimum atomic E-state index is -0.815. The molecule has 0 fully saturated rings. The van der Waals surface area contributed by atoms with Crippen LogP contribution in [-0.4, -0.2) is 28.3 Å². The van der Waals surface area contributed by atoms with E-state index in [1.807, 2.05) is 19.9 Å². The van der Waals surface area contributed by atoms with E-state index in [-0.39, 0.29) is 18.2 Å². The molecule has 0 radical (unpaired) electrons. The molecule has 0 unspecified atom stereocenters. The monoisotopic (exact) mass is 265 g/mol. The number of aromatic hydroxyl groups is 1. The van der Waals surface area contributed by atoms with Gasteiger partial charge < -0.3 is 15.5 Å². The summed E-state index contributed by atoms with van der Waals surface area (Å²) < 4.78 is 0. The summed E-state index contributed by atoms with van der Waals surface area (Å²) in [5, 5.41) is 22.4. The molecule has 0 aromatic heterocycles. The maximum Gasteiger partial charge on any atom is 0.220 e. The van der Waals surface area contributed by atoms with Crippen molar-refractivity contribution in [1.82, 2.24) is 5.32 Å². The van der Waals surface area contributed by atoms with E-state index in [9.17, 15) is 15.0 Å². The zero-order chi connectivity index (χ0) is 14.3. The SMILES string of the molecule is CCC(O)(CC)CNC(=O)CCc1ccccc1O. The van der Waals surface area contributed by atoms with Crippen LogP contribution in [-0.2, 0) is 11.2 Å². The largest absolute Gasteiger partial charge is 0.508 e. The summed E-state index contributed by atoms with van der Waals surface area (Å²) in [5.41, 5.74) is -0.0521. The van der Waals surface area contributed by atoms with Gasteiger partial charge in [-0.05, 0) is 30.9 Å². The first-order valence-corrected chi connectivity index (χ1v) is 6.76. The molecule has 0 saturated carbocycles. The molecule has 0 heterocycles. The van der Waals surface area contributed by atoms with Crippen molar-refractivity contribution in [2.75, 3.05) is 6.54 Å². The molecule has 0 spiro atoms. The van der Waals surface area contributed by atoms with Crippen LogP contribution in [0.25, 0.3) is 0 Å². The first-order valence-electron chi connectivity index (χ1n) is 6.76. The Bertz CT molecular complexity index is 414. The molecule has 1 amide bonds. The average Bonchev–Trinajstić information content (AvgIpc) is 2.44. The second-order valence-corrected chi connectivity index (χ2v) is 4.84. The van der Waals surface area contributed by atoms with Crippen molar-refractivity contribution in [2.24, 2.45) is 0 Å². The topological polar surface area (TPSA) is 69.6 Å². The molecule has 0 atom stereocenters. The molecule has 4 heteroatoms. The van der Waals surface area contributed by atoms with E-state index < -0.39 is 5.60 Å². The van der Waals surface area contributed by atoms with Crippen molar-refractivity contribution >= 4 is 5.91 Å². The normalized spacial score (nSPS) is 11.3. The van der Waals surface area contributed by atoms with Crippen LogP contribution < -0.4 is 5.32 Å². The van der Waals surface area contributed by atoms with Gasteiger partial charge in [-0.15, -0.1) is 0 Å². The maximum atomic E-state index is 11.7. The predicted molar refractivity (Wildman–Crippen MR) is 75.0 cm³/mol. The standard InChI is InChI=1S/C15H23NO3/c1-3-15(19,4-2)11-16-14(18)10-9-12-7-5-6-8-13(12)17/h5-8,17,19H,3-4,9-11H2,1-2H3,(H,16,18). The Labute approximate surface area is 114 Å². The van der Waals surface area contributed by atoms with Crippen LogP contribution in [0.2, 0.25) is 0 Å². The maximum absolute atomic E-state index is 11.7. The van der Waals surface area contributed by atoms with Crippen molar-refractivity contribution in [3.63, 3.8) is 0 Å². The summed E-state index contributed by atoms with van der Waals surface area (Å²) in [6.07, 6.45) is 2.03. The summed E-state index contributed by atoms with van der Waals surface area (Å²) in [7, 11) is 0. The van der Waals surface area contributed by atoms with E-state index in [0.717, 1.165) is 5.56 Å². The van der Waals surface area contributed by atoms with Crippen LogP contribution in [0.15, 0.2) is 24.3 Å². The Morgan fingerprint density at radius 2 is 1.89 bits per heavy atom. The molecule has 106 valence electrons. The second kappa shape index (κ2) is 7.14. The van der Waals surface area contributed by atoms with Gasteiger partial charge in [-0.25, -0.2) is 0 Å². The molecular formula is C15H23NO3. The highest BCUT2D eigenvalue weighted by Gasteiger charge is 2.22. The molecule has 1 rings (SSSR count). The van der Waals surface area contributed by atoms with Crippen molar-refractivity contribution < 1.29 is 15.0 Å². The van der Waals surface area contributed by atoms with E-state index >= 15 is 0 Å². The second-order valence-electron chi connectivity index (χ2n) is 4.84. The number of hydrogen-bond acceptors (Lipinski definition) is 3. The van der Waals surface area contributed by atoms with Gasteiger partial charge >= 0.3 is 0 Å². The Hall–Kier alpha value is -1.55. The average molecular weight is 265 g/mol. The molecule has 1 aromatic rings. The summed E-state index contributed by atoms with van der Waals surface area (Å²) in [5.74, 6) is 0.109. The van der Waals surface area contributed by atoms with Crippen molar-refractivity contribution in [3.05, 3.63) is 29.8 Å². The van der Waals surface area contributed by atoms with Crippen molar-refractivity contribution in [3.8, 4) is 5.75 Å². The number of aliphatic hydroxyl groups is 1. The number of carbonyl (C=O) groups excluding carboxylic acids is 1. The zero-order valence-corrected chi connectivity index (χ0v) is 11.6. The number of phenolic OH excluding ortho intramolecular Hbond substituents is 1. The third-order valence-corrected chi connectivity index (χ3v) is 3.54. The van der Waals surface area contributed by atoms with E-state index in [4.69, 9.17) is 0 Å². The molecule has 4 nitrogen and oxygen atoms in total. The Kier molecular flexibility index (Phi) is 5.83. The van der Waals surface area contributed by atoms with Crippen LogP contribution >= 0.6 is 0 Å². The lowest BCUT2D eigenvalue weighted by atomic mass is 9.97.